The van der Waals surface area contributed by atoms with Crippen LogP contribution in [0, 0.1) is 0 Å². The maximum absolute atomic E-state index is 10.2. The predicted octanol–water partition coefficient (Wildman–Crippen LogP) is 5.13. The molecule has 1 N–H and O–H groups in total. The van der Waals surface area contributed by atoms with Gasteiger partial charge in [-0.1, -0.05) is 50.0 Å². The van der Waals surface area contributed by atoms with E-state index in [1.54, 1.807) is 4.68 Å². The van der Waals surface area contributed by atoms with E-state index in [-0.39, 0.29) is 6.61 Å². The van der Waals surface area contributed by atoms with Gasteiger partial charge in [0, 0.05) is 31.4 Å². The molecule has 0 radical (unpaired) electrons. The molecule has 6 heteroatoms. The van der Waals surface area contributed by atoms with Crippen LogP contribution in [0.2, 0.25) is 25.7 Å². The second-order valence-electron chi connectivity index (χ2n) is 8.27. The van der Waals surface area contributed by atoms with Gasteiger partial charge in [-0.15, -0.1) is 0 Å². The number of fused-ring (bicyclic) bond motifs is 5. The summed E-state index contributed by atoms with van der Waals surface area (Å²) in [5.41, 5.74) is 4.33. The van der Waals surface area contributed by atoms with Crippen LogP contribution in [0.1, 0.15) is 5.69 Å². The summed E-state index contributed by atoms with van der Waals surface area (Å²) in [7, 11) is -1.15. The zero-order chi connectivity index (χ0) is 19.7. The van der Waals surface area contributed by atoms with Crippen molar-refractivity contribution in [1.82, 2.24) is 9.78 Å². The van der Waals surface area contributed by atoms with Gasteiger partial charge in [0.1, 0.15) is 23.9 Å². The molecule has 0 amide bonds. The van der Waals surface area contributed by atoms with Crippen molar-refractivity contribution in [1.29, 1.82) is 0 Å². The van der Waals surface area contributed by atoms with Gasteiger partial charge in [-0.2, -0.15) is 5.10 Å². The Bertz CT molecular complexity index is 992. The Kier molecular flexibility index (Phi) is 5.10. The minimum atomic E-state index is -1.15. The molecule has 2 aromatic carbocycles. The Morgan fingerprint density at radius 2 is 1.64 bits per heavy atom. The smallest absolute Gasteiger partial charge is 0.139 e. The standard InChI is InChI=1S/C22H26N2O3Si/c1-28(2,3)13-12-26-15-24-18(14-25)21-16-8-4-6-10-19(16)27-20-11-7-5-9-17(20)22(21)23-24/h4-11,25H,12-15H2,1-3H3. The third-order valence-electron chi connectivity index (χ3n) is 4.94. The van der Waals surface area contributed by atoms with Gasteiger partial charge in [-0.25, -0.2) is 4.68 Å². The summed E-state index contributed by atoms with van der Waals surface area (Å²) >= 11 is 0. The topological polar surface area (TPSA) is 56.5 Å². The number of aliphatic hydroxyl groups excluding tert-OH is 1. The molecule has 28 heavy (non-hydrogen) atoms. The summed E-state index contributed by atoms with van der Waals surface area (Å²) in [4.78, 5) is 0. The number of para-hydroxylation sites is 2. The van der Waals surface area contributed by atoms with E-state index in [2.05, 4.69) is 19.6 Å². The summed E-state index contributed by atoms with van der Waals surface area (Å²) < 4.78 is 13.9. The number of hydrogen-bond acceptors (Lipinski definition) is 4. The van der Waals surface area contributed by atoms with Crippen molar-refractivity contribution in [3.8, 4) is 33.9 Å². The Balaban J connectivity index is 1.77. The fourth-order valence-electron chi connectivity index (χ4n) is 3.40. The van der Waals surface area contributed by atoms with Gasteiger partial charge in [0.05, 0.1) is 12.3 Å². The molecule has 0 fully saturated rings. The molecule has 3 aromatic rings. The van der Waals surface area contributed by atoms with E-state index in [0.29, 0.717) is 13.3 Å². The van der Waals surface area contributed by atoms with E-state index in [0.717, 1.165) is 45.6 Å². The highest BCUT2D eigenvalue weighted by molar-refractivity contribution is 6.76. The average molecular weight is 395 g/mol. The average Bonchev–Trinajstić information content (AvgIpc) is 2.97. The van der Waals surface area contributed by atoms with Crippen molar-refractivity contribution >= 4 is 8.07 Å². The molecule has 1 aliphatic rings. The number of hydrogen-bond donors (Lipinski definition) is 1. The fraction of sp³-hybridized carbons (Fsp3) is 0.318. The SMILES string of the molecule is C[Si](C)(C)CCOCn1nc2c(c1CO)-c1ccccc1Oc1ccccc1-2. The van der Waals surface area contributed by atoms with Crippen LogP contribution in [0.5, 0.6) is 11.5 Å². The predicted molar refractivity (Wildman–Crippen MR) is 113 cm³/mol. The number of rotatable bonds is 6. The molecule has 0 saturated carbocycles. The van der Waals surface area contributed by atoms with Crippen molar-refractivity contribution < 1.29 is 14.6 Å². The Morgan fingerprint density at radius 1 is 1.00 bits per heavy atom. The lowest BCUT2D eigenvalue weighted by Crippen LogP contribution is -2.22. The van der Waals surface area contributed by atoms with E-state index < -0.39 is 8.07 Å². The van der Waals surface area contributed by atoms with Gasteiger partial charge in [-0.3, -0.25) is 0 Å². The van der Waals surface area contributed by atoms with E-state index >= 15 is 0 Å². The van der Waals surface area contributed by atoms with E-state index in [1.165, 1.54) is 0 Å². The van der Waals surface area contributed by atoms with Gasteiger partial charge in [0.25, 0.3) is 0 Å². The summed E-state index contributed by atoms with van der Waals surface area (Å²) in [5, 5.41) is 15.0. The minimum absolute atomic E-state index is 0.115. The first-order valence-electron chi connectivity index (χ1n) is 9.63. The Morgan fingerprint density at radius 3 is 2.32 bits per heavy atom. The zero-order valence-electron chi connectivity index (χ0n) is 16.6. The monoisotopic (exact) mass is 394 g/mol. The normalized spacial score (nSPS) is 12.6. The first kappa shape index (κ1) is 18.9. The largest absolute Gasteiger partial charge is 0.456 e. The second-order valence-corrected chi connectivity index (χ2v) is 13.9. The van der Waals surface area contributed by atoms with Crippen LogP contribution in [0.15, 0.2) is 48.5 Å². The lowest BCUT2D eigenvalue weighted by Gasteiger charge is -2.16. The van der Waals surface area contributed by atoms with Crippen LogP contribution in [0.25, 0.3) is 22.4 Å². The van der Waals surface area contributed by atoms with Crippen molar-refractivity contribution in [2.45, 2.75) is 39.0 Å². The molecule has 1 aromatic heterocycles. The molecule has 0 aliphatic carbocycles. The molecule has 5 nitrogen and oxygen atoms in total. The number of nitrogens with zero attached hydrogens (tertiary/aromatic N) is 2. The minimum Gasteiger partial charge on any atom is -0.456 e. The lowest BCUT2D eigenvalue weighted by molar-refractivity contribution is 0.0734. The maximum atomic E-state index is 10.2. The van der Waals surface area contributed by atoms with Gasteiger partial charge < -0.3 is 14.6 Å². The molecular weight excluding hydrogens is 368 g/mol. The summed E-state index contributed by atoms with van der Waals surface area (Å²) in [5.74, 6) is 1.53. The molecule has 0 unspecified atom stereocenters. The summed E-state index contributed by atoms with van der Waals surface area (Å²) in [6, 6.07) is 16.9. The van der Waals surface area contributed by atoms with Crippen LogP contribution in [-0.2, 0) is 18.1 Å². The van der Waals surface area contributed by atoms with Crippen molar-refractivity contribution in [3.05, 3.63) is 54.2 Å². The summed E-state index contributed by atoms with van der Waals surface area (Å²) in [6.07, 6.45) is 0. The lowest BCUT2D eigenvalue weighted by atomic mass is 9.99. The molecule has 146 valence electrons. The first-order valence-corrected chi connectivity index (χ1v) is 13.3. The number of ether oxygens (including phenoxy) is 2. The molecule has 0 spiro atoms. The number of aromatic nitrogens is 2. The highest BCUT2D eigenvalue weighted by Crippen LogP contribution is 2.47. The molecule has 0 atom stereocenters. The maximum Gasteiger partial charge on any atom is 0.139 e. The van der Waals surface area contributed by atoms with Gasteiger partial charge in [0.15, 0.2) is 0 Å². The molecule has 0 saturated heterocycles. The van der Waals surface area contributed by atoms with Crippen LogP contribution in [-0.4, -0.2) is 29.6 Å². The Hall–Kier alpha value is -2.41. The van der Waals surface area contributed by atoms with Gasteiger partial charge in [0.2, 0.25) is 0 Å². The van der Waals surface area contributed by atoms with Gasteiger partial charge >= 0.3 is 0 Å². The van der Waals surface area contributed by atoms with Crippen LogP contribution in [0.3, 0.4) is 0 Å². The van der Waals surface area contributed by atoms with E-state index in [4.69, 9.17) is 14.6 Å². The van der Waals surface area contributed by atoms with Crippen LogP contribution in [0.4, 0.5) is 0 Å². The number of benzene rings is 2. The van der Waals surface area contributed by atoms with Crippen LogP contribution < -0.4 is 4.74 Å². The van der Waals surface area contributed by atoms with Gasteiger partial charge in [-0.05, 0) is 24.2 Å². The third-order valence-corrected chi connectivity index (χ3v) is 6.64. The molecule has 4 rings (SSSR count). The second kappa shape index (κ2) is 7.54. The Labute approximate surface area is 166 Å². The highest BCUT2D eigenvalue weighted by atomic mass is 28.3. The van der Waals surface area contributed by atoms with E-state index in [1.807, 2.05) is 48.5 Å². The van der Waals surface area contributed by atoms with Crippen molar-refractivity contribution in [2.24, 2.45) is 0 Å². The molecule has 2 heterocycles. The van der Waals surface area contributed by atoms with E-state index in [9.17, 15) is 5.11 Å². The quantitative estimate of drug-likeness (QED) is 0.364. The van der Waals surface area contributed by atoms with Crippen molar-refractivity contribution in [3.63, 3.8) is 0 Å². The fourth-order valence-corrected chi connectivity index (χ4v) is 4.15. The van der Waals surface area contributed by atoms with Crippen LogP contribution >= 0.6 is 0 Å². The van der Waals surface area contributed by atoms with Crippen molar-refractivity contribution in [2.75, 3.05) is 6.61 Å². The zero-order valence-corrected chi connectivity index (χ0v) is 17.6. The number of aliphatic hydroxyl groups is 1. The third kappa shape index (κ3) is 3.63. The highest BCUT2D eigenvalue weighted by Gasteiger charge is 2.27. The molecular formula is C22H26N2O3Si. The first-order chi connectivity index (χ1) is 13.5. The molecule has 1 aliphatic heterocycles. The summed E-state index contributed by atoms with van der Waals surface area (Å²) in [6.45, 7) is 7.93. The molecule has 0 bridgehead atoms.